The molecule has 0 aliphatic carbocycles. The largest absolute Gasteiger partial charge is 0.380 e. The molecule has 3 N–H and O–H groups in total. The molecule has 31 heavy (non-hydrogen) atoms. The molecule has 0 aromatic heterocycles. The molecule has 4 aromatic carbocycles. The minimum absolute atomic E-state index is 0.0406. The van der Waals surface area contributed by atoms with Crippen LogP contribution in [0.4, 0.5) is 0 Å². The zero-order valence-corrected chi connectivity index (χ0v) is 18.9. The third-order valence-corrected chi connectivity index (χ3v) is 6.04. The molecule has 0 aliphatic rings. The van der Waals surface area contributed by atoms with Crippen LogP contribution in [0.3, 0.4) is 0 Å². The van der Waals surface area contributed by atoms with Gasteiger partial charge in [-0.25, -0.2) is 0 Å². The maximum atomic E-state index is 13.1. The molecule has 1 amide bonds. The van der Waals surface area contributed by atoms with E-state index < -0.39 is 0 Å². The summed E-state index contributed by atoms with van der Waals surface area (Å²) >= 11 is 0. The van der Waals surface area contributed by atoms with Crippen molar-refractivity contribution in [3.63, 3.8) is 0 Å². The molecule has 0 fully saturated rings. The van der Waals surface area contributed by atoms with E-state index in [-0.39, 0.29) is 16.7 Å². The minimum Gasteiger partial charge on any atom is -0.380 e. The molecule has 0 heterocycles. The number of benzene rings is 4. The highest BCUT2D eigenvalue weighted by Crippen LogP contribution is 2.35. The second-order valence-corrected chi connectivity index (χ2v) is 10.2. The second-order valence-electron chi connectivity index (χ2n) is 10.2. The Hall–Kier alpha value is -2.69. The number of amides is 1. The van der Waals surface area contributed by atoms with Crippen molar-refractivity contribution in [1.29, 1.82) is 0 Å². The molecule has 0 radical (unpaired) electrons. The van der Waals surface area contributed by atoms with Crippen LogP contribution in [0.5, 0.6) is 0 Å². The van der Waals surface area contributed by atoms with Crippen LogP contribution in [0.1, 0.15) is 38.1 Å². The number of carbonyl (C=O) groups is 1. The van der Waals surface area contributed by atoms with E-state index in [0.717, 1.165) is 16.2 Å². The topological polar surface area (TPSA) is 64.3 Å². The number of nitrogens with two attached hydrogens (primary N) is 1. The summed E-state index contributed by atoms with van der Waals surface area (Å²) < 4.78 is 5.91. The number of ether oxygens (including phenoxy) is 1. The Bertz CT molecular complexity index is 1210. The van der Waals surface area contributed by atoms with Gasteiger partial charge in [0.2, 0.25) is 0 Å². The molecule has 0 aliphatic heterocycles. The highest BCUT2D eigenvalue weighted by atomic mass is 16.5. The molecule has 0 atom stereocenters. The first kappa shape index (κ1) is 21.5. The monoisotopic (exact) mass is 416 g/mol. The van der Waals surface area contributed by atoms with E-state index in [2.05, 4.69) is 75.5 Å². The van der Waals surface area contributed by atoms with Gasteiger partial charge in [0.05, 0.1) is 13.2 Å². The predicted octanol–water partition coefficient (Wildman–Crippen LogP) is 5.34. The number of nitrogens with one attached hydrogen (secondary N) is 1. The summed E-state index contributed by atoms with van der Waals surface area (Å²) in [5.74, 6) is -0.0479. The van der Waals surface area contributed by atoms with Crippen molar-refractivity contribution in [2.24, 2.45) is 16.6 Å². The predicted molar refractivity (Wildman–Crippen MR) is 130 cm³/mol. The van der Waals surface area contributed by atoms with Crippen LogP contribution in [-0.4, -0.2) is 32.2 Å². The van der Waals surface area contributed by atoms with Crippen LogP contribution in [0.2, 0.25) is 0 Å². The quantitative estimate of drug-likeness (QED) is 0.381. The Balaban J connectivity index is 1.54. The van der Waals surface area contributed by atoms with Crippen molar-refractivity contribution in [3.8, 4) is 0 Å². The average molecular weight is 417 g/mol. The smallest absolute Gasteiger partial charge is 0.251 e. The fourth-order valence-corrected chi connectivity index (χ4v) is 4.06. The van der Waals surface area contributed by atoms with Crippen molar-refractivity contribution in [3.05, 3.63) is 60.2 Å². The fraction of sp³-hybridized carbons (Fsp3) is 0.370. The Morgan fingerprint density at radius 2 is 1.42 bits per heavy atom. The summed E-state index contributed by atoms with van der Waals surface area (Å²) in [6.45, 7) is 10.7. The summed E-state index contributed by atoms with van der Waals surface area (Å²) in [4.78, 5) is 13.1. The van der Waals surface area contributed by atoms with Crippen LogP contribution >= 0.6 is 0 Å². The molecule has 0 spiro atoms. The average Bonchev–Trinajstić information content (AvgIpc) is 2.75. The highest BCUT2D eigenvalue weighted by Gasteiger charge is 2.23. The summed E-state index contributed by atoms with van der Waals surface area (Å²) in [6.07, 6.45) is 0. The van der Waals surface area contributed by atoms with Gasteiger partial charge in [0.25, 0.3) is 5.91 Å². The third kappa shape index (κ3) is 4.36. The van der Waals surface area contributed by atoms with Gasteiger partial charge >= 0.3 is 0 Å². The lowest BCUT2D eigenvalue weighted by Crippen LogP contribution is -2.38. The first-order valence-electron chi connectivity index (χ1n) is 10.9. The second kappa shape index (κ2) is 8.10. The van der Waals surface area contributed by atoms with Gasteiger partial charge in [-0.1, -0.05) is 76.2 Å². The van der Waals surface area contributed by atoms with Crippen molar-refractivity contribution >= 4 is 38.2 Å². The molecule has 162 valence electrons. The summed E-state index contributed by atoms with van der Waals surface area (Å²) in [7, 11) is 0. The summed E-state index contributed by atoms with van der Waals surface area (Å²) in [6, 6.07) is 18.8. The Labute approximate surface area is 184 Å². The maximum Gasteiger partial charge on any atom is 0.251 e. The number of hydrogen-bond acceptors (Lipinski definition) is 3. The minimum atomic E-state index is -0.176. The van der Waals surface area contributed by atoms with Crippen LogP contribution in [0, 0.1) is 10.8 Å². The van der Waals surface area contributed by atoms with Crippen molar-refractivity contribution < 1.29 is 9.53 Å². The van der Waals surface area contributed by atoms with E-state index in [1.807, 2.05) is 12.1 Å². The van der Waals surface area contributed by atoms with E-state index in [1.54, 1.807) is 0 Å². The van der Waals surface area contributed by atoms with Gasteiger partial charge in [-0.2, -0.15) is 0 Å². The normalized spacial score (nSPS) is 12.8. The highest BCUT2D eigenvalue weighted by molar-refractivity contribution is 6.26. The first-order valence-corrected chi connectivity index (χ1v) is 10.9. The van der Waals surface area contributed by atoms with Crippen molar-refractivity contribution in [1.82, 2.24) is 5.32 Å². The Morgan fingerprint density at radius 1 is 0.839 bits per heavy atom. The van der Waals surface area contributed by atoms with E-state index in [0.29, 0.717) is 31.9 Å². The van der Waals surface area contributed by atoms with E-state index in [9.17, 15) is 4.79 Å². The molecule has 4 aromatic rings. The van der Waals surface area contributed by atoms with E-state index in [1.165, 1.54) is 16.2 Å². The van der Waals surface area contributed by atoms with Crippen LogP contribution in [-0.2, 0) is 4.74 Å². The number of rotatable bonds is 8. The van der Waals surface area contributed by atoms with Crippen LogP contribution in [0.15, 0.2) is 54.6 Å². The molecule has 4 nitrogen and oxygen atoms in total. The lowest BCUT2D eigenvalue weighted by molar-refractivity contribution is 0.0183. The van der Waals surface area contributed by atoms with Crippen LogP contribution in [0.25, 0.3) is 32.3 Å². The summed E-state index contributed by atoms with van der Waals surface area (Å²) in [5.41, 5.74) is 6.28. The zero-order chi connectivity index (χ0) is 22.2. The standard InChI is InChI=1S/C27H32N2O2/c1-26(2,14-28)16-31-17-27(3,4)15-29-25(30)22-13-11-20-9-8-18-6-5-7-19-10-12-21(22)24(20)23(18)19/h5-13H,14-17,28H2,1-4H3,(H,29,30). The number of carbonyl (C=O) groups excluding carboxylic acids is 1. The number of hydrogen-bond donors (Lipinski definition) is 2. The van der Waals surface area contributed by atoms with Crippen LogP contribution < -0.4 is 11.1 Å². The molecule has 4 rings (SSSR count). The van der Waals surface area contributed by atoms with Gasteiger partial charge in [0.1, 0.15) is 0 Å². The fourth-order valence-electron chi connectivity index (χ4n) is 4.06. The summed E-state index contributed by atoms with van der Waals surface area (Å²) in [5, 5.41) is 10.1. The first-order chi connectivity index (χ1) is 14.7. The molecule has 0 saturated heterocycles. The lowest BCUT2D eigenvalue weighted by atomic mass is 9.91. The van der Waals surface area contributed by atoms with Gasteiger partial charge in [-0.15, -0.1) is 0 Å². The van der Waals surface area contributed by atoms with Gasteiger partial charge in [0.15, 0.2) is 0 Å². The Morgan fingerprint density at radius 3 is 2.10 bits per heavy atom. The Kier molecular flexibility index (Phi) is 5.63. The third-order valence-electron chi connectivity index (χ3n) is 6.04. The molecule has 0 bridgehead atoms. The van der Waals surface area contributed by atoms with E-state index >= 15 is 0 Å². The maximum absolute atomic E-state index is 13.1. The molecule has 4 heteroatoms. The SMILES string of the molecule is CC(C)(CN)COCC(C)(C)CNC(=O)c1ccc2ccc3cccc4ccc1c2c34. The molecule has 0 saturated carbocycles. The lowest BCUT2D eigenvalue weighted by Gasteiger charge is -2.28. The van der Waals surface area contributed by atoms with Gasteiger partial charge in [0, 0.05) is 22.9 Å². The molecule has 0 unspecified atom stereocenters. The van der Waals surface area contributed by atoms with Crippen molar-refractivity contribution in [2.45, 2.75) is 27.7 Å². The van der Waals surface area contributed by atoms with Gasteiger partial charge in [-0.3, -0.25) is 4.79 Å². The van der Waals surface area contributed by atoms with E-state index in [4.69, 9.17) is 10.5 Å². The molecular formula is C27H32N2O2. The van der Waals surface area contributed by atoms with Crippen molar-refractivity contribution in [2.75, 3.05) is 26.3 Å². The molecular weight excluding hydrogens is 384 g/mol. The zero-order valence-electron chi connectivity index (χ0n) is 18.9. The van der Waals surface area contributed by atoms with Gasteiger partial charge < -0.3 is 15.8 Å². The van der Waals surface area contributed by atoms with Gasteiger partial charge in [-0.05, 0) is 44.9 Å².